The van der Waals surface area contributed by atoms with E-state index in [4.69, 9.17) is 5.73 Å². The Balaban J connectivity index is 1.85. The highest BCUT2D eigenvalue weighted by Gasteiger charge is 2.29. The van der Waals surface area contributed by atoms with Gasteiger partial charge in [0.25, 0.3) is 5.91 Å². The summed E-state index contributed by atoms with van der Waals surface area (Å²) in [7, 11) is 0. The highest BCUT2D eigenvalue weighted by atomic mass is 32.1. The van der Waals surface area contributed by atoms with Gasteiger partial charge in [0, 0.05) is 23.3 Å². The van der Waals surface area contributed by atoms with Crippen LogP contribution in [0.1, 0.15) is 32.1 Å². The fourth-order valence-electron chi connectivity index (χ4n) is 3.40. The molecule has 3 aromatic rings. The van der Waals surface area contributed by atoms with E-state index in [2.05, 4.69) is 18.0 Å². The fraction of sp³-hybridized carbons (Fsp3) is 0.263. The molecule has 5 heteroatoms. The van der Waals surface area contributed by atoms with Gasteiger partial charge in [0.1, 0.15) is 9.71 Å². The number of hydrogen-bond donors (Lipinski definition) is 1. The van der Waals surface area contributed by atoms with Crippen molar-refractivity contribution in [3.8, 4) is 0 Å². The fourth-order valence-corrected chi connectivity index (χ4v) is 4.55. The summed E-state index contributed by atoms with van der Waals surface area (Å²) < 4.78 is 0. The maximum atomic E-state index is 13.1. The van der Waals surface area contributed by atoms with Crippen LogP contribution < -0.4 is 10.6 Å². The number of fused-ring (bicyclic) bond motifs is 2. The van der Waals surface area contributed by atoms with Crippen molar-refractivity contribution in [2.75, 3.05) is 17.2 Å². The lowest BCUT2D eigenvalue weighted by atomic mass is 10.1. The van der Waals surface area contributed by atoms with Crippen molar-refractivity contribution in [3.63, 3.8) is 0 Å². The zero-order chi connectivity index (χ0) is 17.0. The van der Waals surface area contributed by atoms with Gasteiger partial charge in [0.15, 0.2) is 0 Å². The molecule has 3 heterocycles. The molecule has 4 rings (SSSR count). The summed E-state index contributed by atoms with van der Waals surface area (Å²) in [4.78, 5) is 21.0. The first-order valence-electron chi connectivity index (χ1n) is 8.04. The number of amides is 1. The molecule has 0 unspecified atom stereocenters. The minimum Gasteiger partial charge on any atom is -0.397 e. The standard InChI is InChI=1S/C19H19N3OS/c1-10-11(2)15-16(20)17(24-18(15)21-12(10)3)19(23)22-9-8-13-6-4-5-7-14(13)22/h4-7H,8-9,20H2,1-3H3. The summed E-state index contributed by atoms with van der Waals surface area (Å²) in [5.41, 5.74) is 12.4. The Morgan fingerprint density at radius 3 is 2.75 bits per heavy atom. The first kappa shape index (κ1) is 15.1. The van der Waals surface area contributed by atoms with Crippen LogP contribution in [0.25, 0.3) is 10.2 Å². The molecule has 0 saturated carbocycles. The normalized spacial score (nSPS) is 13.5. The van der Waals surface area contributed by atoms with E-state index in [-0.39, 0.29) is 5.91 Å². The third-order valence-electron chi connectivity index (χ3n) is 5.00. The maximum absolute atomic E-state index is 13.1. The predicted octanol–water partition coefficient (Wildman–Crippen LogP) is 4.01. The Hall–Kier alpha value is -2.40. The molecule has 2 aromatic heterocycles. The topological polar surface area (TPSA) is 59.2 Å². The number of anilines is 2. The van der Waals surface area contributed by atoms with Crippen LogP contribution in [0.15, 0.2) is 24.3 Å². The number of thiophene rings is 1. The maximum Gasteiger partial charge on any atom is 0.270 e. The number of para-hydroxylation sites is 1. The lowest BCUT2D eigenvalue weighted by Gasteiger charge is -2.16. The smallest absolute Gasteiger partial charge is 0.270 e. The lowest BCUT2D eigenvalue weighted by Crippen LogP contribution is -2.28. The predicted molar refractivity (Wildman–Crippen MR) is 100 cm³/mol. The molecular weight excluding hydrogens is 318 g/mol. The highest BCUT2D eigenvalue weighted by Crippen LogP contribution is 2.39. The van der Waals surface area contributed by atoms with E-state index in [1.165, 1.54) is 16.9 Å². The third-order valence-corrected chi connectivity index (χ3v) is 6.09. The third kappa shape index (κ3) is 2.04. The second-order valence-electron chi connectivity index (χ2n) is 6.31. The summed E-state index contributed by atoms with van der Waals surface area (Å²) >= 11 is 1.40. The lowest BCUT2D eigenvalue weighted by molar-refractivity contribution is 0.0994. The van der Waals surface area contributed by atoms with Gasteiger partial charge >= 0.3 is 0 Å². The number of aryl methyl sites for hydroxylation is 2. The molecule has 0 atom stereocenters. The molecule has 0 aliphatic carbocycles. The molecule has 1 aliphatic rings. The SMILES string of the molecule is Cc1nc2sc(C(=O)N3CCc4ccccc43)c(N)c2c(C)c1C. The van der Waals surface area contributed by atoms with Crippen molar-refractivity contribution >= 4 is 38.8 Å². The van der Waals surface area contributed by atoms with Gasteiger partial charge in [-0.05, 0) is 49.9 Å². The minimum absolute atomic E-state index is 0.0184. The van der Waals surface area contributed by atoms with E-state index in [1.807, 2.05) is 36.9 Å². The van der Waals surface area contributed by atoms with Crippen molar-refractivity contribution in [1.29, 1.82) is 0 Å². The van der Waals surface area contributed by atoms with Crippen molar-refractivity contribution in [1.82, 2.24) is 4.98 Å². The van der Waals surface area contributed by atoms with Gasteiger partial charge in [-0.3, -0.25) is 4.79 Å². The van der Waals surface area contributed by atoms with Gasteiger partial charge in [0.05, 0.1) is 5.69 Å². The summed E-state index contributed by atoms with van der Waals surface area (Å²) in [6, 6.07) is 8.06. The number of nitrogens with two attached hydrogens (primary N) is 1. The molecular formula is C19H19N3OS. The molecule has 24 heavy (non-hydrogen) atoms. The number of carbonyl (C=O) groups is 1. The molecule has 0 radical (unpaired) electrons. The molecule has 0 fully saturated rings. The van der Waals surface area contributed by atoms with Crippen LogP contribution in [0.4, 0.5) is 11.4 Å². The Morgan fingerprint density at radius 2 is 1.96 bits per heavy atom. The molecule has 2 N–H and O–H groups in total. The second-order valence-corrected chi connectivity index (χ2v) is 7.31. The number of benzene rings is 1. The first-order valence-corrected chi connectivity index (χ1v) is 8.86. The largest absolute Gasteiger partial charge is 0.397 e. The van der Waals surface area contributed by atoms with Gasteiger partial charge < -0.3 is 10.6 Å². The van der Waals surface area contributed by atoms with Gasteiger partial charge in [-0.15, -0.1) is 11.3 Å². The number of rotatable bonds is 1. The van der Waals surface area contributed by atoms with Gasteiger partial charge in [-0.2, -0.15) is 0 Å². The van der Waals surface area contributed by atoms with Crippen molar-refractivity contribution in [3.05, 3.63) is 51.5 Å². The number of aromatic nitrogens is 1. The van der Waals surface area contributed by atoms with E-state index in [0.29, 0.717) is 17.1 Å². The summed E-state index contributed by atoms with van der Waals surface area (Å²) in [5, 5.41) is 0.930. The van der Waals surface area contributed by atoms with E-state index < -0.39 is 0 Å². The zero-order valence-electron chi connectivity index (χ0n) is 14.0. The van der Waals surface area contributed by atoms with Crippen LogP contribution >= 0.6 is 11.3 Å². The first-order chi connectivity index (χ1) is 11.5. The molecule has 1 aliphatic heterocycles. The van der Waals surface area contributed by atoms with Gasteiger partial charge in [0.2, 0.25) is 0 Å². The van der Waals surface area contributed by atoms with Gasteiger partial charge in [-0.25, -0.2) is 4.98 Å². The average molecular weight is 337 g/mol. The number of carbonyl (C=O) groups excluding carboxylic acids is 1. The van der Waals surface area contributed by atoms with Crippen LogP contribution in [0.5, 0.6) is 0 Å². The Kier molecular flexibility index (Phi) is 3.35. The van der Waals surface area contributed by atoms with Crippen LogP contribution in [0.2, 0.25) is 0 Å². The van der Waals surface area contributed by atoms with Crippen LogP contribution in [-0.2, 0) is 6.42 Å². The van der Waals surface area contributed by atoms with E-state index in [0.717, 1.165) is 39.1 Å². The molecule has 1 amide bonds. The second kappa shape index (κ2) is 5.31. The molecule has 0 spiro atoms. The van der Waals surface area contributed by atoms with Crippen molar-refractivity contribution in [2.45, 2.75) is 27.2 Å². The monoisotopic (exact) mass is 337 g/mol. The van der Waals surface area contributed by atoms with Crippen LogP contribution in [0, 0.1) is 20.8 Å². The molecule has 0 bridgehead atoms. The van der Waals surface area contributed by atoms with Crippen LogP contribution in [-0.4, -0.2) is 17.4 Å². The molecule has 4 nitrogen and oxygen atoms in total. The number of hydrogen-bond acceptors (Lipinski definition) is 4. The zero-order valence-corrected chi connectivity index (χ0v) is 14.8. The molecule has 122 valence electrons. The van der Waals surface area contributed by atoms with Crippen molar-refractivity contribution < 1.29 is 4.79 Å². The van der Waals surface area contributed by atoms with E-state index >= 15 is 0 Å². The Morgan fingerprint density at radius 1 is 1.21 bits per heavy atom. The molecule has 1 aromatic carbocycles. The summed E-state index contributed by atoms with van der Waals surface area (Å²) in [6.45, 7) is 6.80. The Bertz CT molecular complexity index is 990. The summed E-state index contributed by atoms with van der Waals surface area (Å²) in [5.74, 6) is -0.0184. The number of pyridine rings is 1. The van der Waals surface area contributed by atoms with Crippen LogP contribution in [0.3, 0.4) is 0 Å². The van der Waals surface area contributed by atoms with Crippen molar-refractivity contribution in [2.24, 2.45) is 0 Å². The Labute approximate surface area is 144 Å². The number of nitrogen functional groups attached to an aromatic ring is 1. The quantitative estimate of drug-likeness (QED) is 0.730. The van der Waals surface area contributed by atoms with E-state index in [1.54, 1.807) is 0 Å². The average Bonchev–Trinajstić information content (AvgIpc) is 3.14. The van der Waals surface area contributed by atoms with E-state index in [9.17, 15) is 4.79 Å². The molecule has 0 saturated heterocycles. The highest BCUT2D eigenvalue weighted by molar-refractivity contribution is 7.21. The minimum atomic E-state index is -0.0184. The number of nitrogens with zero attached hydrogens (tertiary/aromatic N) is 2. The van der Waals surface area contributed by atoms with Gasteiger partial charge in [-0.1, -0.05) is 18.2 Å². The summed E-state index contributed by atoms with van der Waals surface area (Å²) in [6.07, 6.45) is 0.891.